The third-order valence-electron chi connectivity index (χ3n) is 2.45. The normalized spacial score (nSPS) is 11.1. The molecule has 1 aromatic heterocycles. The van der Waals surface area contributed by atoms with E-state index in [1.165, 1.54) is 6.20 Å². The second kappa shape index (κ2) is 5.88. The van der Waals surface area contributed by atoms with Crippen LogP contribution in [0.25, 0.3) is 0 Å². The topological polar surface area (TPSA) is 80.0 Å². The van der Waals surface area contributed by atoms with Crippen LogP contribution in [0, 0.1) is 0 Å². The summed E-state index contributed by atoms with van der Waals surface area (Å²) in [5, 5.41) is 2.88. The molecule has 0 unspecified atom stereocenters. The second-order valence-electron chi connectivity index (χ2n) is 4.21. The van der Waals surface area contributed by atoms with Crippen molar-refractivity contribution in [2.24, 2.45) is 5.84 Å². The Balaban J connectivity index is 2.70. The Hall–Kier alpha value is -1.27. The van der Waals surface area contributed by atoms with E-state index in [9.17, 15) is 4.79 Å². The van der Waals surface area contributed by atoms with E-state index in [0.717, 1.165) is 0 Å². The molecule has 0 saturated heterocycles. The molecule has 0 aromatic carbocycles. The highest BCUT2D eigenvalue weighted by Gasteiger charge is 2.18. The van der Waals surface area contributed by atoms with Gasteiger partial charge < -0.3 is 10.7 Å². The average molecular weight is 254 g/mol. The molecule has 0 spiro atoms. The lowest BCUT2D eigenvalue weighted by molar-refractivity contribution is 0.0951. The molecule has 0 radical (unpaired) electrons. The van der Waals surface area contributed by atoms with Crippen molar-refractivity contribution in [3.8, 4) is 0 Å². The number of amides is 1. The maximum atomic E-state index is 11.9. The van der Waals surface area contributed by atoms with E-state index in [2.05, 4.69) is 29.6 Å². The molecule has 5 nitrogen and oxygen atoms in total. The van der Waals surface area contributed by atoms with Gasteiger partial charge in [0.2, 0.25) is 0 Å². The number of hydrogen-bond acceptors (Lipinski definition) is 5. The predicted molar refractivity (Wildman–Crippen MR) is 72.0 cm³/mol. The largest absolute Gasteiger partial charge is 0.351 e. The molecule has 0 aliphatic carbocycles. The van der Waals surface area contributed by atoms with Crippen molar-refractivity contribution in [1.29, 1.82) is 0 Å². The first-order chi connectivity index (χ1) is 8.00. The molecule has 0 aliphatic rings. The van der Waals surface area contributed by atoms with Crippen molar-refractivity contribution in [2.75, 3.05) is 18.2 Å². The summed E-state index contributed by atoms with van der Waals surface area (Å²) in [6.07, 6.45) is 5.11. The van der Waals surface area contributed by atoms with Crippen LogP contribution in [-0.2, 0) is 0 Å². The van der Waals surface area contributed by atoms with Crippen LogP contribution in [0.2, 0.25) is 0 Å². The molecule has 1 aromatic rings. The fourth-order valence-electron chi connectivity index (χ4n) is 1.17. The Bertz CT molecular complexity index is 395. The molecular formula is C11H18N4OS. The van der Waals surface area contributed by atoms with Crippen LogP contribution in [0.3, 0.4) is 0 Å². The summed E-state index contributed by atoms with van der Waals surface area (Å²) in [5.74, 6) is 5.17. The molecule has 6 heteroatoms. The van der Waals surface area contributed by atoms with E-state index in [1.807, 2.05) is 6.26 Å². The number of carbonyl (C=O) groups is 1. The smallest absolute Gasteiger partial charge is 0.253 e. The lowest BCUT2D eigenvalue weighted by Crippen LogP contribution is -2.36. The maximum Gasteiger partial charge on any atom is 0.253 e. The zero-order valence-electron chi connectivity index (χ0n) is 10.3. The van der Waals surface area contributed by atoms with Crippen molar-refractivity contribution in [3.05, 3.63) is 24.0 Å². The number of pyridine rings is 1. The molecule has 17 heavy (non-hydrogen) atoms. The summed E-state index contributed by atoms with van der Waals surface area (Å²) >= 11 is 1.71. The summed E-state index contributed by atoms with van der Waals surface area (Å²) in [4.78, 5) is 15.8. The van der Waals surface area contributed by atoms with Crippen LogP contribution in [0.5, 0.6) is 0 Å². The summed E-state index contributed by atoms with van der Waals surface area (Å²) in [6.45, 7) is 4.75. The van der Waals surface area contributed by atoms with Gasteiger partial charge in [0.1, 0.15) is 0 Å². The van der Waals surface area contributed by atoms with Gasteiger partial charge in [-0.3, -0.25) is 15.6 Å². The number of hydrazine groups is 1. The van der Waals surface area contributed by atoms with Crippen molar-refractivity contribution in [3.63, 3.8) is 0 Å². The van der Waals surface area contributed by atoms with Gasteiger partial charge in [-0.15, -0.1) is 0 Å². The Morgan fingerprint density at radius 3 is 2.88 bits per heavy atom. The third-order valence-corrected chi connectivity index (χ3v) is 3.70. The van der Waals surface area contributed by atoms with Crippen LogP contribution in [0.1, 0.15) is 24.2 Å². The SMILES string of the molecule is CSC(C)(C)CNC(=O)c1ccncc1NN. The van der Waals surface area contributed by atoms with Crippen LogP contribution in [-0.4, -0.2) is 28.4 Å². The second-order valence-corrected chi connectivity index (χ2v) is 5.73. The fraction of sp³-hybridized carbons (Fsp3) is 0.455. The average Bonchev–Trinajstić information content (AvgIpc) is 2.36. The highest BCUT2D eigenvalue weighted by Crippen LogP contribution is 2.20. The van der Waals surface area contributed by atoms with E-state index in [0.29, 0.717) is 17.8 Å². The Morgan fingerprint density at radius 1 is 1.59 bits per heavy atom. The minimum Gasteiger partial charge on any atom is -0.351 e. The van der Waals surface area contributed by atoms with Crippen molar-refractivity contribution in [1.82, 2.24) is 10.3 Å². The summed E-state index contributed by atoms with van der Waals surface area (Å²) in [6, 6.07) is 1.64. The lowest BCUT2D eigenvalue weighted by atomic mass is 10.2. The number of nitrogen functional groups attached to an aromatic ring is 1. The van der Waals surface area contributed by atoms with Crippen LogP contribution < -0.4 is 16.6 Å². The molecule has 0 fully saturated rings. The summed E-state index contributed by atoms with van der Waals surface area (Å²) in [5.41, 5.74) is 3.48. The number of nitrogens with one attached hydrogen (secondary N) is 2. The number of anilines is 1. The van der Waals surface area contributed by atoms with Gasteiger partial charge >= 0.3 is 0 Å². The van der Waals surface area contributed by atoms with Crippen LogP contribution in [0.4, 0.5) is 5.69 Å². The van der Waals surface area contributed by atoms with Gasteiger partial charge in [0.15, 0.2) is 0 Å². The van der Waals surface area contributed by atoms with Crippen molar-refractivity contribution < 1.29 is 4.79 Å². The predicted octanol–water partition coefficient (Wildman–Crippen LogP) is 1.24. The number of rotatable bonds is 5. The van der Waals surface area contributed by atoms with Gasteiger partial charge in [-0.1, -0.05) is 0 Å². The maximum absolute atomic E-state index is 11.9. The lowest BCUT2D eigenvalue weighted by Gasteiger charge is -2.22. The molecule has 1 rings (SSSR count). The molecule has 0 saturated carbocycles. The molecule has 94 valence electrons. The highest BCUT2D eigenvalue weighted by atomic mass is 32.2. The van der Waals surface area contributed by atoms with Gasteiger partial charge in [-0.2, -0.15) is 11.8 Å². The minimum absolute atomic E-state index is 0.0129. The number of hydrogen-bond donors (Lipinski definition) is 3. The highest BCUT2D eigenvalue weighted by molar-refractivity contribution is 7.99. The van der Waals surface area contributed by atoms with Crippen molar-refractivity contribution >= 4 is 23.4 Å². The number of aromatic nitrogens is 1. The number of carbonyl (C=O) groups excluding carboxylic acids is 1. The van der Waals surface area contributed by atoms with E-state index in [4.69, 9.17) is 5.84 Å². The number of nitrogens with two attached hydrogens (primary N) is 1. The van der Waals surface area contributed by atoms with Gasteiger partial charge in [-0.05, 0) is 26.2 Å². The first-order valence-corrected chi connectivity index (χ1v) is 6.46. The van der Waals surface area contributed by atoms with Gasteiger partial charge in [0.05, 0.1) is 17.4 Å². The van der Waals surface area contributed by atoms with E-state index < -0.39 is 0 Å². The molecule has 1 heterocycles. The number of thioether (sulfide) groups is 1. The van der Waals surface area contributed by atoms with Gasteiger partial charge in [-0.25, -0.2) is 0 Å². The zero-order valence-corrected chi connectivity index (χ0v) is 11.1. The van der Waals surface area contributed by atoms with Crippen LogP contribution >= 0.6 is 11.8 Å². The fourth-order valence-corrected chi connectivity index (χ4v) is 1.38. The van der Waals surface area contributed by atoms with E-state index in [-0.39, 0.29) is 10.7 Å². The molecule has 1 amide bonds. The molecule has 0 atom stereocenters. The zero-order chi connectivity index (χ0) is 12.9. The van der Waals surface area contributed by atoms with E-state index >= 15 is 0 Å². The summed E-state index contributed by atoms with van der Waals surface area (Å²) in [7, 11) is 0. The van der Waals surface area contributed by atoms with Gasteiger partial charge in [0.25, 0.3) is 5.91 Å². The Kier molecular flexibility index (Phi) is 4.77. The van der Waals surface area contributed by atoms with Gasteiger partial charge in [0, 0.05) is 17.5 Å². The van der Waals surface area contributed by atoms with E-state index in [1.54, 1.807) is 24.0 Å². The minimum atomic E-state index is -0.150. The third kappa shape index (κ3) is 3.90. The molecule has 0 aliphatic heterocycles. The monoisotopic (exact) mass is 254 g/mol. The molecular weight excluding hydrogens is 236 g/mol. The Labute approximate surface area is 106 Å². The molecule has 0 bridgehead atoms. The first kappa shape index (κ1) is 13.8. The number of nitrogens with zero attached hydrogens (tertiary/aromatic N) is 1. The molecule has 4 N–H and O–H groups in total. The van der Waals surface area contributed by atoms with Crippen LogP contribution in [0.15, 0.2) is 18.5 Å². The Morgan fingerprint density at radius 2 is 2.29 bits per heavy atom. The van der Waals surface area contributed by atoms with Crippen molar-refractivity contribution in [2.45, 2.75) is 18.6 Å². The summed E-state index contributed by atoms with van der Waals surface area (Å²) < 4.78 is 0.0129. The quantitative estimate of drug-likeness (QED) is 0.544. The standard InChI is InChI=1S/C11H18N4OS/c1-11(2,17-3)7-14-10(16)8-4-5-13-6-9(8)15-12/h4-6,15H,7,12H2,1-3H3,(H,14,16). The first-order valence-electron chi connectivity index (χ1n) is 5.24.